The van der Waals surface area contributed by atoms with E-state index in [1.54, 1.807) is 0 Å². The quantitative estimate of drug-likeness (QED) is 0.819. The number of rotatable bonds is 5. The van der Waals surface area contributed by atoms with Gasteiger partial charge in [-0.15, -0.1) is 0 Å². The molecule has 3 heteroatoms. The molecule has 106 valence electrons. The van der Waals surface area contributed by atoms with Crippen molar-refractivity contribution in [3.8, 4) is 0 Å². The van der Waals surface area contributed by atoms with Crippen molar-refractivity contribution >= 4 is 0 Å². The predicted molar refractivity (Wildman–Crippen MR) is 79.0 cm³/mol. The maximum absolute atomic E-state index is 4.56. The summed E-state index contributed by atoms with van der Waals surface area (Å²) in [5.41, 5.74) is 1.14. The molecular formula is C16H27N3. The van der Waals surface area contributed by atoms with Gasteiger partial charge in [0.15, 0.2) is 0 Å². The van der Waals surface area contributed by atoms with E-state index in [0.717, 1.165) is 24.4 Å². The standard InChI is InChI=1S/C16H27N3/c1-3-10-17-15(14-8-6-4-5-7-9-14)16-18-11-13(2)12-19-16/h11-12,14-15,17H,3-10H2,1-2H3. The van der Waals surface area contributed by atoms with Gasteiger partial charge in [-0.3, -0.25) is 0 Å². The molecule has 1 atom stereocenters. The highest BCUT2D eigenvalue weighted by atomic mass is 15.0. The normalized spacial score (nSPS) is 19.1. The van der Waals surface area contributed by atoms with E-state index in [-0.39, 0.29) is 0 Å². The Hall–Kier alpha value is -0.960. The molecule has 1 heterocycles. The van der Waals surface area contributed by atoms with Gasteiger partial charge >= 0.3 is 0 Å². The van der Waals surface area contributed by atoms with Gasteiger partial charge in [0.25, 0.3) is 0 Å². The molecular weight excluding hydrogens is 234 g/mol. The maximum Gasteiger partial charge on any atom is 0.145 e. The molecule has 1 saturated carbocycles. The highest BCUT2D eigenvalue weighted by Gasteiger charge is 2.25. The summed E-state index contributed by atoms with van der Waals surface area (Å²) in [5, 5.41) is 3.68. The molecule has 0 aromatic carbocycles. The lowest BCUT2D eigenvalue weighted by Crippen LogP contribution is -2.30. The number of hydrogen-bond acceptors (Lipinski definition) is 3. The van der Waals surface area contributed by atoms with E-state index in [0.29, 0.717) is 12.0 Å². The Balaban J connectivity index is 2.11. The summed E-state index contributed by atoms with van der Waals surface area (Å²) in [7, 11) is 0. The Morgan fingerprint density at radius 1 is 1.16 bits per heavy atom. The molecule has 0 amide bonds. The molecule has 0 bridgehead atoms. The van der Waals surface area contributed by atoms with Gasteiger partial charge in [-0.25, -0.2) is 9.97 Å². The van der Waals surface area contributed by atoms with Gasteiger partial charge in [-0.2, -0.15) is 0 Å². The number of hydrogen-bond donors (Lipinski definition) is 1. The minimum atomic E-state index is 0.346. The topological polar surface area (TPSA) is 37.8 Å². The molecule has 1 N–H and O–H groups in total. The monoisotopic (exact) mass is 261 g/mol. The third kappa shape index (κ3) is 4.27. The SMILES string of the molecule is CCCNC(c1ncc(C)cn1)C1CCCCCC1. The van der Waals surface area contributed by atoms with Crippen LogP contribution in [0.15, 0.2) is 12.4 Å². The summed E-state index contributed by atoms with van der Waals surface area (Å²) >= 11 is 0. The molecule has 1 aliphatic carbocycles. The van der Waals surface area contributed by atoms with E-state index in [9.17, 15) is 0 Å². The van der Waals surface area contributed by atoms with Crippen LogP contribution in [-0.2, 0) is 0 Å². The van der Waals surface area contributed by atoms with Crippen LogP contribution in [0.3, 0.4) is 0 Å². The van der Waals surface area contributed by atoms with Crippen LogP contribution in [0.2, 0.25) is 0 Å². The lowest BCUT2D eigenvalue weighted by molar-refractivity contribution is 0.314. The molecule has 0 aliphatic heterocycles. The Morgan fingerprint density at radius 2 is 1.79 bits per heavy atom. The first-order valence-corrected chi connectivity index (χ1v) is 7.83. The van der Waals surface area contributed by atoms with Gasteiger partial charge in [0.2, 0.25) is 0 Å². The van der Waals surface area contributed by atoms with Crippen molar-refractivity contribution in [1.29, 1.82) is 0 Å². The van der Waals surface area contributed by atoms with Crippen LogP contribution in [0.5, 0.6) is 0 Å². The number of nitrogens with one attached hydrogen (secondary N) is 1. The van der Waals surface area contributed by atoms with Gasteiger partial charge < -0.3 is 5.32 Å². The lowest BCUT2D eigenvalue weighted by Gasteiger charge is -2.26. The van der Waals surface area contributed by atoms with E-state index in [1.165, 1.54) is 38.5 Å². The zero-order valence-electron chi connectivity index (χ0n) is 12.4. The second-order valence-electron chi connectivity index (χ2n) is 5.80. The molecule has 3 nitrogen and oxygen atoms in total. The van der Waals surface area contributed by atoms with Gasteiger partial charge in [0.05, 0.1) is 6.04 Å². The molecule has 0 saturated heterocycles. The van der Waals surface area contributed by atoms with Gasteiger partial charge in [-0.1, -0.05) is 32.6 Å². The first-order chi connectivity index (χ1) is 9.31. The summed E-state index contributed by atoms with van der Waals surface area (Å²) in [6.07, 6.45) is 13.2. The number of nitrogens with zero attached hydrogens (tertiary/aromatic N) is 2. The van der Waals surface area contributed by atoms with Crippen LogP contribution in [0.1, 0.15) is 69.3 Å². The van der Waals surface area contributed by atoms with Gasteiger partial charge in [-0.05, 0) is 44.2 Å². The summed E-state index contributed by atoms with van der Waals surface area (Å²) in [5.74, 6) is 1.70. The Kier molecular flexibility index (Phi) is 5.77. The van der Waals surface area contributed by atoms with E-state index in [1.807, 2.05) is 19.3 Å². The summed E-state index contributed by atoms with van der Waals surface area (Å²) in [4.78, 5) is 9.13. The summed E-state index contributed by atoms with van der Waals surface area (Å²) in [6, 6.07) is 0.346. The van der Waals surface area contributed by atoms with Crippen LogP contribution in [0.25, 0.3) is 0 Å². The molecule has 1 fully saturated rings. The van der Waals surface area contributed by atoms with Crippen LogP contribution in [0.4, 0.5) is 0 Å². The first-order valence-electron chi connectivity index (χ1n) is 7.83. The zero-order chi connectivity index (χ0) is 13.5. The first kappa shape index (κ1) is 14.4. The van der Waals surface area contributed by atoms with E-state index in [4.69, 9.17) is 0 Å². The molecule has 1 aromatic heterocycles. The maximum atomic E-state index is 4.56. The summed E-state index contributed by atoms with van der Waals surface area (Å²) < 4.78 is 0. The van der Waals surface area contributed by atoms with Gasteiger partial charge in [0.1, 0.15) is 5.82 Å². The van der Waals surface area contributed by atoms with E-state index in [2.05, 4.69) is 22.2 Å². The summed E-state index contributed by atoms with van der Waals surface area (Å²) in [6.45, 7) is 5.31. The fourth-order valence-electron chi connectivity index (χ4n) is 2.98. The fourth-order valence-corrected chi connectivity index (χ4v) is 2.98. The molecule has 19 heavy (non-hydrogen) atoms. The number of aryl methyl sites for hydroxylation is 1. The molecule has 1 aliphatic rings. The van der Waals surface area contributed by atoms with Crippen LogP contribution < -0.4 is 5.32 Å². The average Bonchev–Trinajstić information content (AvgIpc) is 2.70. The van der Waals surface area contributed by atoms with Crippen molar-refractivity contribution < 1.29 is 0 Å². The zero-order valence-corrected chi connectivity index (χ0v) is 12.4. The van der Waals surface area contributed by atoms with Crippen molar-refractivity contribution in [2.24, 2.45) is 5.92 Å². The third-order valence-corrected chi connectivity index (χ3v) is 4.06. The van der Waals surface area contributed by atoms with Crippen LogP contribution >= 0.6 is 0 Å². The highest BCUT2D eigenvalue weighted by molar-refractivity contribution is 5.05. The third-order valence-electron chi connectivity index (χ3n) is 4.06. The van der Waals surface area contributed by atoms with E-state index >= 15 is 0 Å². The van der Waals surface area contributed by atoms with E-state index < -0.39 is 0 Å². The highest BCUT2D eigenvalue weighted by Crippen LogP contribution is 2.32. The minimum absolute atomic E-state index is 0.346. The second kappa shape index (κ2) is 7.59. The molecule has 1 aromatic rings. The molecule has 0 radical (unpaired) electrons. The lowest BCUT2D eigenvalue weighted by atomic mass is 9.91. The Labute approximate surface area is 117 Å². The van der Waals surface area contributed by atoms with Crippen LogP contribution in [0, 0.1) is 12.8 Å². The van der Waals surface area contributed by atoms with Crippen molar-refractivity contribution in [1.82, 2.24) is 15.3 Å². The van der Waals surface area contributed by atoms with Crippen LogP contribution in [-0.4, -0.2) is 16.5 Å². The number of aromatic nitrogens is 2. The molecule has 1 unspecified atom stereocenters. The average molecular weight is 261 g/mol. The van der Waals surface area contributed by atoms with Crippen molar-refractivity contribution in [2.45, 2.75) is 64.8 Å². The van der Waals surface area contributed by atoms with Crippen molar-refractivity contribution in [2.75, 3.05) is 6.54 Å². The fraction of sp³-hybridized carbons (Fsp3) is 0.750. The smallest absolute Gasteiger partial charge is 0.145 e. The minimum Gasteiger partial charge on any atom is -0.307 e. The van der Waals surface area contributed by atoms with Crippen molar-refractivity contribution in [3.05, 3.63) is 23.8 Å². The predicted octanol–water partition coefficient (Wildman–Crippen LogP) is 3.80. The second-order valence-corrected chi connectivity index (χ2v) is 5.80. The molecule has 0 spiro atoms. The Morgan fingerprint density at radius 3 is 2.37 bits per heavy atom. The largest absolute Gasteiger partial charge is 0.307 e. The molecule has 2 rings (SSSR count). The Bertz CT molecular complexity index is 353. The van der Waals surface area contributed by atoms with Crippen molar-refractivity contribution in [3.63, 3.8) is 0 Å². The van der Waals surface area contributed by atoms with Gasteiger partial charge in [0, 0.05) is 12.4 Å².